The van der Waals surface area contributed by atoms with Gasteiger partial charge in [0, 0.05) is 18.7 Å². The Hall–Kier alpha value is -1.36. The Morgan fingerprint density at radius 1 is 1.17 bits per heavy atom. The minimum absolute atomic E-state index is 0.579. The number of benzene rings is 1. The Morgan fingerprint density at radius 2 is 1.72 bits per heavy atom. The SMILES string of the molecule is Cc1ccc(C(=NS(C)(=O)=O)N2CCCC2)cc1. The molecule has 1 aromatic carbocycles. The number of nitrogens with zero attached hydrogens (tertiary/aromatic N) is 2. The second kappa shape index (κ2) is 5.10. The van der Waals surface area contributed by atoms with Gasteiger partial charge in [-0.15, -0.1) is 4.40 Å². The molecule has 0 radical (unpaired) electrons. The number of hydrogen-bond acceptors (Lipinski definition) is 2. The molecular formula is C13H18N2O2S. The van der Waals surface area contributed by atoms with E-state index >= 15 is 0 Å². The van der Waals surface area contributed by atoms with Gasteiger partial charge in [-0.2, -0.15) is 0 Å². The third-order valence-corrected chi connectivity index (χ3v) is 3.47. The Kier molecular flexibility index (Phi) is 3.71. The predicted octanol–water partition coefficient (Wildman–Crippen LogP) is 1.80. The van der Waals surface area contributed by atoms with E-state index in [0.29, 0.717) is 5.84 Å². The summed E-state index contributed by atoms with van der Waals surface area (Å²) in [6.07, 6.45) is 3.32. The summed E-state index contributed by atoms with van der Waals surface area (Å²) in [5.74, 6) is 0.579. The molecule has 0 aliphatic carbocycles. The molecule has 4 nitrogen and oxygen atoms in total. The third-order valence-electron chi connectivity index (χ3n) is 2.97. The first kappa shape index (κ1) is 13.1. The Morgan fingerprint density at radius 3 is 2.22 bits per heavy atom. The maximum Gasteiger partial charge on any atom is 0.252 e. The highest BCUT2D eigenvalue weighted by atomic mass is 32.2. The van der Waals surface area contributed by atoms with Gasteiger partial charge in [-0.25, -0.2) is 8.42 Å². The van der Waals surface area contributed by atoms with Crippen molar-refractivity contribution < 1.29 is 8.42 Å². The van der Waals surface area contributed by atoms with Crippen LogP contribution in [0.2, 0.25) is 0 Å². The second-order valence-corrected chi connectivity index (χ2v) is 6.36. The van der Waals surface area contributed by atoms with Crippen molar-refractivity contribution in [3.63, 3.8) is 0 Å². The lowest BCUT2D eigenvalue weighted by molar-refractivity contribution is 0.520. The second-order valence-electron chi connectivity index (χ2n) is 4.71. The van der Waals surface area contributed by atoms with E-state index in [0.717, 1.165) is 43.3 Å². The molecule has 5 heteroatoms. The van der Waals surface area contributed by atoms with E-state index in [1.54, 1.807) is 0 Å². The van der Waals surface area contributed by atoms with Crippen molar-refractivity contribution in [2.45, 2.75) is 19.8 Å². The van der Waals surface area contributed by atoms with E-state index in [1.165, 1.54) is 0 Å². The first-order valence-electron chi connectivity index (χ1n) is 6.08. The van der Waals surface area contributed by atoms with Gasteiger partial charge < -0.3 is 4.90 Å². The number of sulfonamides is 1. The van der Waals surface area contributed by atoms with Gasteiger partial charge in [-0.3, -0.25) is 0 Å². The molecule has 1 heterocycles. The molecule has 1 aliphatic heterocycles. The Bertz CT molecular complexity index is 541. The molecule has 0 spiro atoms. The van der Waals surface area contributed by atoms with Crippen molar-refractivity contribution in [2.75, 3.05) is 19.3 Å². The molecule has 1 saturated heterocycles. The molecule has 0 N–H and O–H groups in total. The minimum Gasteiger partial charge on any atom is -0.355 e. The summed E-state index contributed by atoms with van der Waals surface area (Å²) in [4.78, 5) is 2.05. The molecule has 1 aromatic rings. The smallest absolute Gasteiger partial charge is 0.252 e. The highest BCUT2D eigenvalue weighted by Gasteiger charge is 2.19. The van der Waals surface area contributed by atoms with E-state index in [1.807, 2.05) is 36.1 Å². The lowest BCUT2D eigenvalue weighted by Crippen LogP contribution is -2.29. The van der Waals surface area contributed by atoms with Crippen LogP contribution in [0.1, 0.15) is 24.0 Å². The van der Waals surface area contributed by atoms with Gasteiger partial charge in [0.25, 0.3) is 10.0 Å². The summed E-state index contributed by atoms with van der Waals surface area (Å²) in [7, 11) is -3.37. The Balaban J connectivity index is 2.41. The van der Waals surface area contributed by atoms with Crippen molar-refractivity contribution in [1.29, 1.82) is 0 Å². The Labute approximate surface area is 108 Å². The van der Waals surface area contributed by atoms with Crippen LogP contribution in [-0.2, 0) is 10.0 Å². The molecule has 18 heavy (non-hydrogen) atoms. The van der Waals surface area contributed by atoms with Gasteiger partial charge in [0.1, 0.15) is 5.84 Å². The molecule has 1 aliphatic rings. The topological polar surface area (TPSA) is 49.7 Å². The predicted molar refractivity (Wildman–Crippen MR) is 73.4 cm³/mol. The maximum atomic E-state index is 11.4. The first-order chi connectivity index (χ1) is 8.46. The summed E-state index contributed by atoms with van der Waals surface area (Å²) in [5.41, 5.74) is 2.02. The largest absolute Gasteiger partial charge is 0.355 e. The number of aryl methyl sites for hydroxylation is 1. The standard InChI is InChI=1S/C13H18N2O2S/c1-11-5-7-12(8-6-11)13(14-18(2,16)17)15-9-3-4-10-15/h5-8H,3-4,9-10H2,1-2H3. The van der Waals surface area contributed by atoms with Crippen LogP contribution in [-0.4, -0.2) is 38.5 Å². The van der Waals surface area contributed by atoms with Crippen LogP contribution in [0.4, 0.5) is 0 Å². The van der Waals surface area contributed by atoms with Crippen molar-refractivity contribution >= 4 is 15.9 Å². The maximum absolute atomic E-state index is 11.4. The van der Waals surface area contributed by atoms with Crippen molar-refractivity contribution in [2.24, 2.45) is 4.40 Å². The zero-order valence-electron chi connectivity index (χ0n) is 10.8. The van der Waals surface area contributed by atoms with Gasteiger partial charge in [0.2, 0.25) is 0 Å². The van der Waals surface area contributed by atoms with Crippen LogP contribution < -0.4 is 0 Å². The van der Waals surface area contributed by atoms with Gasteiger partial charge in [-0.05, 0) is 19.8 Å². The summed E-state index contributed by atoms with van der Waals surface area (Å²) in [5, 5.41) is 0. The van der Waals surface area contributed by atoms with E-state index in [-0.39, 0.29) is 0 Å². The molecule has 0 aromatic heterocycles. The monoisotopic (exact) mass is 266 g/mol. The third kappa shape index (κ3) is 3.32. The van der Waals surface area contributed by atoms with E-state index in [4.69, 9.17) is 0 Å². The van der Waals surface area contributed by atoms with Crippen molar-refractivity contribution in [3.05, 3.63) is 35.4 Å². The van der Waals surface area contributed by atoms with Gasteiger partial charge in [-0.1, -0.05) is 29.8 Å². The molecular weight excluding hydrogens is 248 g/mol. The zero-order valence-corrected chi connectivity index (χ0v) is 11.6. The van der Waals surface area contributed by atoms with Gasteiger partial charge in [0.15, 0.2) is 0 Å². The highest BCUT2D eigenvalue weighted by molar-refractivity contribution is 7.89. The number of rotatable bonds is 2. The van der Waals surface area contributed by atoms with E-state index < -0.39 is 10.0 Å². The first-order valence-corrected chi connectivity index (χ1v) is 7.92. The highest BCUT2D eigenvalue weighted by Crippen LogP contribution is 2.15. The molecule has 1 fully saturated rings. The van der Waals surface area contributed by atoms with Crippen molar-refractivity contribution in [1.82, 2.24) is 4.90 Å². The van der Waals surface area contributed by atoms with E-state index in [2.05, 4.69) is 4.40 Å². The van der Waals surface area contributed by atoms with Gasteiger partial charge >= 0.3 is 0 Å². The van der Waals surface area contributed by atoms with Crippen LogP contribution in [0.5, 0.6) is 0 Å². The molecule has 0 amide bonds. The summed E-state index contributed by atoms with van der Waals surface area (Å²) >= 11 is 0. The molecule has 0 saturated carbocycles. The quantitative estimate of drug-likeness (QED) is 0.606. The minimum atomic E-state index is -3.37. The molecule has 0 unspecified atom stereocenters. The normalized spacial score (nSPS) is 17.2. The summed E-state index contributed by atoms with van der Waals surface area (Å²) < 4.78 is 26.8. The van der Waals surface area contributed by atoms with Crippen LogP contribution in [0.25, 0.3) is 0 Å². The van der Waals surface area contributed by atoms with Gasteiger partial charge in [0.05, 0.1) is 6.26 Å². The summed E-state index contributed by atoms with van der Waals surface area (Å²) in [6.45, 7) is 3.76. The number of hydrogen-bond donors (Lipinski definition) is 0. The van der Waals surface area contributed by atoms with Crippen molar-refractivity contribution in [3.8, 4) is 0 Å². The number of likely N-dealkylation sites (tertiary alicyclic amines) is 1. The fraction of sp³-hybridized carbons (Fsp3) is 0.462. The van der Waals surface area contributed by atoms with Crippen LogP contribution in [0.3, 0.4) is 0 Å². The molecule has 98 valence electrons. The lowest BCUT2D eigenvalue weighted by Gasteiger charge is -2.19. The number of amidine groups is 1. The van der Waals surface area contributed by atoms with Crippen LogP contribution in [0.15, 0.2) is 28.7 Å². The summed E-state index contributed by atoms with van der Waals surface area (Å²) in [6, 6.07) is 7.81. The fourth-order valence-corrected chi connectivity index (χ4v) is 2.62. The van der Waals surface area contributed by atoms with E-state index in [9.17, 15) is 8.42 Å². The fourth-order valence-electron chi connectivity index (χ4n) is 2.08. The molecule has 0 atom stereocenters. The van der Waals surface area contributed by atoms with Crippen LogP contribution in [0, 0.1) is 6.92 Å². The lowest BCUT2D eigenvalue weighted by atomic mass is 10.1. The molecule has 0 bridgehead atoms. The average molecular weight is 266 g/mol. The van der Waals surface area contributed by atoms with Crippen LogP contribution >= 0.6 is 0 Å². The zero-order chi connectivity index (χ0) is 13.2. The molecule has 2 rings (SSSR count). The average Bonchev–Trinajstić information content (AvgIpc) is 2.79.